The van der Waals surface area contributed by atoms with Crippen LogP contribution in [0.25, 0.3) is 0 Å². The van der Waals surface area contributed by atoms with Gasteiger partial charge in [0.1, 0.15) is 0 Å². The Morgan fingerprint density at radius 3 is 1.92 bits per heavy atom. The van der Waals surface area contributed by atoms with Crippen LogP contribution in [-0.2, 0) is 17.2 Å². The van der Waals surface area contributed by atoms with Crippen LogP contribution in [0.3, 0.4) is 0 Å². The van der Waals surface area contributed by atoms with Crippen LogP contribution in [0.4, 0.5) is 5.69 Å². The van der Waals surface area contributed by atoms with Crippen LogP contribution in [0.5, 0.6) is 0 Å². The van der Waals surface area contributed by atoms with Crippen LogP contribution in [-0.4, -0.2) is 13.1 Å². The lowest BCUT2D eigenvalue weighted by Gasteiger charge is -2.28. The highest BCUT2D eigenvalue weighted by molar-refractivity contribution is 9.08. The molecule has 1 aromatic carbocycles. The molecule has 2 heterocycles. The van der Waals surface area contributed by atoms with Crippen molar-refractivity contribution < 1.29 is 21.5 Å². The second-order valence-corrected chi connectivity index (χ2v) is 7.32. The van der Waals surface area contributed by atoms with E-state index in [0.717, 1.165) is 17.2 Å². The summed E-state index contributed by atoms with van der Waals surface area (Å²) in [4.78, 5) is 2.50. The number of nitrogens with zero attached hydrogens (tertiary/aromatic N) is 2. The molecule has 0 spiro atoms. The molecule has 0 N–H and O–H groups in total. The highest BCUT2D eigenvalue weighted by Gasteiger charge is 2.12. The number of hydrogen-bond donors (Lipinski definition) is 0. The zero-order chi connectivity index (χ0) is 16.1. The van der Waals surface area contributed by atoms with Gasteiger partial charge in [-0.15, -0.1) is 0 Å². The maximum Gasteiger partial charge on any atom is 0.173 e. The summed E-state index contributed by atoms with van der Waals surface area (Å²) in [5.74, 6) is 0. The first-order valence-corrected chi connectivity index (χ1v) is 10.5. The number of anilines is 1. The van der Waals surface area contributed by atoms with Crippen molar-refractivity contribution in [2.75, 3.05) is 18.0 Å². The lowest BCUT2D eigenvalue weighted by molar-refractivity contribution is -0.688. The molecule has 1 aromatic heterocycles. The van der Waals surface area contributed by atoms with Crippen molar-refractivity contribution in [2.24, 2.45) is 0 Å². The second kappa shape index (κ2) is 9.93. The number of benzene rings is 1. The number of alkyl halides is 2. The summed E-state index contributed by atoms with van der Waals surface area (Å²) in [5.41, 5.74) is 5.38. The Balaban J connectivity index is 0.00000208. The van der Waals surface area contributed by atoms with Crippen molar-refractivity contribution in [3.05, 3.63) is 59.4 Å². The maximum atomic E-state index is 3.57. The highest BCUT2D eigenvalue weighted by atomic mass is 79.9. The Kier molecular flexibility index (Phi) is 8.24. The third kappa shape index (κ3) is 5.30. The maximum absolute atomic E-state index is 3.57. The van der Waals surface area contributed by atoms with Crippen LogP contribution in [0.15, 0.2) is 42.7 Å². The van der Waals surface area contributed by atoms with E-state index in [1.54, 1.807) is 0 Å². The van der Waals surface area contributed by atoms with Gasteiger partial charge in [0.2, 0.25) is 0 Å². The quantitative estimate of drug-likeness (QED) is 0.432. The molecule has 0 atom stereocenters. The van der Waals surface area contributed by atoms with Crippen LogP contribution in [0.1, 0.15) is 36.0 Å². The normalized spacial score (nSPS) is 14.3. The van der Waals surface area contributed by atoms with Crippen LogP contribution in [0, 0.1) is 0 Å². The lowest BCUT2D eigenvalue weighted by Crippen LogP contribution is -3.00. The van der Waals surface area contributed by atoms with Gasteiger partial charge in [0.15, 0.2) is 18.9 Å². The van der Waals surface area contributed by atoms with E-state index < -0.39 is 0 Å². The van der Waals surface area contributed by atoms with Crippen LogP contribution >= 0.6 is 31.9 Å². The zero-order valence-corrected chi connectivity index (χ0v) is 18.5. The first-order valence-electron chi connectivity index (χ1n) is 8.26. The first-order chi connectivity index (χ1) is 11.3. The van der Waals surface area contributed by atoms with Crippen LogP contribution < -0.4 is 26.4 Å². The van der Waals surface area contributed by atoms with E-state index in [0.29, 0.717) is 0 Å². The molecule has 130 valence electrons. The van der Waals surface area contributed by atoms with Crippen molar-refractivity contribution in [2.45, 2.75) is 36.5 Å². The number of rotatable bonds is 5. The van der Waals surface area contributed by atoms with E-state index in [-0.39, 0.29) is 17.0 Å². The van der Waals surface area contributed by atoms with Crippen molar-refractivity contribution >= 4 is 37.5 Å². The van der Waals surface area contributed by atoms with Gasteiger partial charge in [-0.2, -0.15) is 0 Å². The molecular weight excluding hydrogens is 496 g/mol. The Morgan fingerprint density at radius 2 is 1.38 bits per heavy atom. The van der Waals surface area contributed by atoms with Gasteiger partial charge in [-0.05, 0) is 42.5 Å². The molecule has 2 aromatic rings. The number of hydrogen-bond acceptors (Lipinski definition) is 1. The smallest absolute Gasteiger partial charge is 0.173 e. The average Bonchev–Trinajstić information content (AvgIpc) is 2.62. The second-order valence-electron chi connectivity index (χ2n) is 6.20. The molecule has 24 heavy (non-hydrogen) atoms. The molecule has 0 unspecified atom stereocenters. The SMILES string of the molecule is BrCc1cc(CBr)cc(C[n+]2ccc(N3CCCCC3)cc2)c1.[Br-]. The molecule has 5 heteroatoms. The van der Waals surface area contributed by atoms with Gasteiger partial charge < -0.3 is 21.9 Å². The van der Waals surface area contributed by atoms with E-state index in [4.69, 9.17) is 0 Å². The minimum atomic E-state index is 0. The molecule has 0 saturated carbocycles. The molecule has 0 aliphatic carbocycles. The van der Waals surface area contributed by atoms with Gasteiger partial charge >= 0.3 is 0 Å². The molecule has 0 bridgehead atoms. The Bertz CT molecular complexity index is 615. The lowest BCUT2D eigenvalue weighted by atomic mass is 10.1. The summed E-state index contributed by atoms with van der Waals surface area (Å²) in [6.45, 7) is 3.32. The average molecular weight is 519 g/mol. The molecule has 1 aliphatic rings. The fourth-order valence-electron chi connectivity index (χ4n) is 3.21. The standard InChI is InChI=1S/C19H23Br2N2.BrH/c20-13-16-10-17(14-21)12-18(11-16)15-22-8-4-19(5-9-22)23-6-2-1-3-7-23;/h4-5,8-12H,1-3,6-7,13-15H2;1H/q+1;/p-1. The number of pyridine rings is 1. The van der Waals surface area contributed by atoms with Gasteiger partial charge in [-0.3, -0.25) is 0 Å². The Morgan fingerprint density at radius 1 is 0.833 bits per heavy atom. The van der Waals surface area contributed by atoms with E-state index in [2.05, 4.69) is 84.1 Å². The van der Waals surface area contributed by atoms with Gasteiger partial charge in [-0.25, -0.2) is 4.57 Å². The van der Waals surface area contributed by atoms with E-state index >= 15 is 0 Å². The number of piperidine rings is 1. The topological polar surface area (TPSA) is 7.12 Å². The summed E-state index contributed by atoms with van der Waals surface area (Å²) in [7, 11) is 0. The summed E-state index contributed by atoms with van der Waals surface area (Å²) in [6, 6.07) is 11.3. The molecule has 2 nitrogen and oxygen atoms in total. The molecular formula is C19H23Br3N2. The van der Waals surface area contributed by atoms with Crippen molar-refractivity contribution in [1.82, 2.24) is 0 Å². The summed E-state index contributed by atoms with van der Waals surface area (Å²) in [6.07, 6.45) is 8.44. The van der Waals surface area contributed by atoms with Gasteiger partial charge in [0, 0.05) is 47.1 Å². The predicted octanol–water partition coefficient (Wildman–Crippen LogP) is 1.81. The van der Waals surface area contributed by atoms with Gasteiger partial charge in [0.05, 0.1) is 0 Å². The molecule has 1 aliphatic heterocycles. The van der Waals surface area contributed by atoms with Crippen molar-refractivity contribution in [3.63, 3.8) is 0 Å². The first kappa shape index (κ1) is 19.9. The number of halogens is 3. The predicted molar refractivity (Wildman–Crippen MR) is 104 cm³/mol. The van der Waals surface area contributed by atoms with Crippen LogP contribution in [0.2, 0.25) is 0 Å². The Labute approximate surface area is 172 Å². The molecule has 1 fully saturated rings. The van der Waals surface area contributed by atoms with Gasteiger partial charge in [0.25, 0.3) is 0 Å². The zero-order valence-electron chi connectivity index (χ0n) is 13.7. The molecule has 3 rings (SSSR count). The van der Waals surface area contributed by atoms with Crippen molar-refractivity contribution in [3.8, 4) is 0 Å². The molecule has 0 radical (unpaired) electrons. The Hall–Kier alpha value is -0.390. The number of aromatic nitrogens is 1. The largest absolute Gasteiger partial charge is 1.00 e. The van der Waals surface area contributed by atoms with E-state index in [9.17, 15) is 0 Å². The molecule has 1 saturated heterocycles. The van der Waals surface area contributed by atoms with E-state index in [1.165, 1.54) is 54.7 Å². The molecule has 0 amide bonds. The highest BCUT2D eigenvalue weighted by Crippen LogP contribution is 2.19. The third-order valence-corrected chi connectivity index (χ3v) is 5.68. The fourth-order valence-corrected chi connectivity index (χ4v) is 3.86. The van der Waals surface area contributed by atoms with Gasteiger partial charge in [-0.1, -0.05) is 37.9 Å². The monoisotopic (exact) mass is 516 g/mol. The minimum absolute atomic E-state index is 0. The summed E-state index contributed by atoms with van der Waals surface area (Å²) < 4.78 is 2.26. The third-order valence-electron chi connectivity index (χ3n) is 4.38. The van der Waals surface area contributed by atoms with E-state index in [1.807, 2.05) is 0 Å². The minimum Gasteiger partial charge on any atom is -1.00 e. The van der Waals surface area contributed by atoms with Crippen molar-refractivity contribution in [1.29, 1.82) is 0 Å². The summed E-state index contributed by atoms with van der Waals surface area (Å²) in [5, 5.41) is 1.80. The summed E-state index contributed by atoms with van der Waals surface area (Å²) >= 11 is 7.13. The fraction of sp³-hybridized carbons (Fsp3) is 0.421.